The number of benzene rings is 3. The molecule has 2 heterocycles. The Labute approximate surface area is 177 Å². The summed E-state index contributed by atoms with van der Waals surface area (Å²) in [5.41, 5.74) is 1.83. The van der Waals surface area contributed by atoms with Gasteiger partial charge >= 0.3 is 0 Å². The minimum absolute atomic E-state index is 0.345. The van der Waals surface area contributed by atoms with Crippen molar-refractivity contribution in [3.8, 4) is 0 Å². The molecule has 2 aliphatic heterocycles. The van der Waals surface area contributed by atoms with Crippen LogP contribution in [0, 0.1) is 11.7 Å². The number of imide groups is 1. The Balaban J connectivity index is 1.59. The van der Waals surface area contributed by atoms with E-state index in [0.717, 1.165) is 0 Å². The van der Waals surface area contributed by atoms with E-state index >= 15 is 0 Å². The van der Waals surface area contributed by atoms with E-state index in [2.05, 4.69) is 0 Å². The van der Waals surface area contributed by atoms with E-state index < -0.39 is 24.0 Å². The number of halogens is 2. The lowest BCUT2D eigenvalue weighted by Gasteiger charge is -2.28. The van der Waals surface area contributed by atoms with Gasteiger partial charge in [0.1, 0.15) is 11.7 Å². The summed E-state index contributed by atoms with van der Waals surface area (Å²) in [4.78, 5) is 33.7. The molecule has 0 aliphatic carbocycles. The van der Waals surface area contributed by atoms with Crippen LogP contribution in [0.5, 0.6) is 0 Å². The molecule has 2 aliphatic rings. The van der Waals surface area contributed by atoms with Gasteiger partial charge in [-0.1, -0.05) is 41.9 Å². The molecule has 150 valence electrons. The molecule has 5 nitrogen and oxygen atoms in total. The first-order valence-corrected chi connectivity index (χ1v) is 9.82. The number of rotatable bonds is 3. The predicted octanol–water partition coefficient (Wildman–Crippen LogP) is 4.53. The maximum Gasteiger partial charge on any atom is 0.266 e. The highest BCUT2D eigenvalue weighted by molar-refractivity contribution is 6.30. The summed E-state index contributed by atoms with van der Waals surface area (Å²) in [6.07, 6.45) is -0.969. The molecule has 0 saturated carbocycles. The molecular weight excluding hydrogens is 407 g/mol. The maximum atomic E-state index is 13.5. The van der Waals surface area contributed by atoms with Crippen molar-refractivity contribution >= 4 is 34.8 Å². The fourth-order valence-corrected chi connectivity index (χ4v) is 4.18. The summed E-state index contributed by atoms with van der Waals surface area (Å²) in [5.74, 6) is -1.91. The van der Waals surface area contributed by atoms with Crippen molar-refractivity contribution in [3.05, 3.63) is 95.3 Å². The Bertz CT molecular complexity index is 1110. The van der Waals surface area contributed by atoms with Crippen LogP contribution in [-0.2, 0) is 14.4 Å². The van der Waals surface area contributed by atoms with E-state index in [9.17, 15) is 14.0 Å². The van der Waals surface area contributed by atoms with Gasteiger partial charge in [0, 0.05) is 5.02 Å². The van der Waals surface area contributed by atoms with Gasteiger partial charge in [-0.25, -0.2) is 14.4 Å². The van der Waals surface area contributed by atoms with E-state index in [1.54, 1.807) is 65.7 Å². The molecule has 3 unspecified atom stereocenters. The predicted molar refractivity (Wildman–Crippen MR) is 110 cm³/mol. The van der Waals surface area contributed by atoms with E-state index in [0.29, 0.717) is 22.0 Å². The molecule has 0 spiro atoms. The standard InChI is InChI=1S/C23H16ClFN2O3/c24-15-8-12-18(13-9-15)27-20(14-6-10-16(25)11-7-14)19-21(30-27)23(29)26(22(19)28)17-4-2-1-3-5-17/h1-13,19-21H. The molecule has 2 fully saturated rings. The molecule has 7 heteroatoms. The van der Waals surface area contributed by atoms with Crippen molar-refractivity contribution in [3.63, 3.8) is 0 Å². The Morgan fingerprint density at radius 2 is 1.47 bits per heavy atom. The van der Waals surface area contributed by atoms with Crippen molar-refractivity contribution in [2.75, 3.05) is 9.96 Å². The van der Waals surface area contributed by atoms with Gasteiger partial charge in [0.05, 0.1) is 17.4 Å². The lowest BCUT2D eigenvalue weighted by Crippen LogP contribution is -2.37. The zero-order valence-electron chi connectivity index (χ0n) is 15.6. The molecule has 2 saturated heterocycles. The van der Waals surface area contributed by atoms with Crippen LogP contribution in [0.4, 0.5) is 15.8 Å². The number of carbonyl (C=O) groups is 2. The van der Waals surface area contributed by atoms with Crippen LogP contribution in [-0.4, -0.2) is 17.9 Å². The van der Waals surface area contributed by atoms with Crippen LogP contribution in [0.15, 0.2) is 78.9 Å². The molecule has 0 aromatic heterocycles. The first-order valence-electron chi connectivity index (χ1n) is 9.44. The van der Waals surface area contributed by atoms with Crippen LogP contribution in [0.3, 0.4) is 0 Å². The summed E-state index contributed by atoms with van der Waals surface area (Å²) in [6, 6.07) is 21.0. The second kappa shape index (κ2) is 7.23. The Hall–Kier alpha value is -3.22. The molecule has 0 radical (unpaired) electrons. The number of nitrogens with zero attached hydrogens (tertiary/aromatic N) is 2. The van der Waals surface area contributed by atoms with Gasteiger partial charge in [-0.05, 0) is 54.1 Å². The quantitative estimate of drug-likeness (QED) is 0.582. The molecule has 5 rings (SSSR count). The number of amides is 2. The van der Waals surface area contributed by atoms with Crippen molar-refractivity contribution in [1.82, 2.24) is 0 Å². The summed E-state index contributed by atoms with van der Waals surface area (Å²) >= 11 is 6.00. The summed E-state index contributed by atoms with van der Waals surface area (Å²) in [7, 11) is 0. The highest BCUT2D eigenvalue weighted by Crippen LogP contribution is 2.47. The molecular formula is C23H16ClFN2O3. The molecule has 3 aromatic carbocycles. The average molecular weight is 423 g/mol. The number of hydrogen-bond acceptors (Lipinski definition) is 4. The summed E-state index contributed by atoms with van der Waals surface area (Å²) < 4.78 is 13.5. The number of carbonyl (C=O) groups excluding carboxylic acids is 2. The lowest BCUT2D eigenvalue weighted by molar-refractivity contribution is -0.126. The highest BCUT2D eigenvalue weighted by atomic mass is 35.5. The third-order valence-electron chi connectivity index (χ3n) is 5.42. The number of hydroxylamine groups is 1. The van der Waals surface area contributed by atoms with Crippen LogP contribution >= 0.6 is 11.6 Å². The van der Waals surface area contributed by atoms with Crippen LogP contribution in [0.2, 0.25) is 5.02 Å². The Kier molecular flexibility index (Phi) is 4.53. The average Bonchev–Trinajstić information content (AvgIpc) is 3.26. The van der Waals surface area contributed by atoms with Gasteiger partial charge in [-0.15, -0.1) is 0 Å². The third-order valence-corrected chi connectivity index (χ3v) is 5.67. The largest absolute Gasteiger partial charge is 0.273 e. The second-order valence-corrected chi connectivity index (χ2v) is 7.63. The SMILES string of the molecule is O=C1C2ON(c3ccc(Cl)cc3)C(c3ccc(F)cc3)C2C(=O)N1c1ccccc1. The Morgan fingerprint density at radius 3 is 2.13 bits per heavy atom. The number of fused-ring (bicyclic) bond motifs is 1. The van der Waals surface area contributed by atoms with Gasteiger partial charge in [0.25, 0.3) is 5.91 Å². The van der Waals surface area contributed by atoms with Gasteiger partial charge in [-0.2, -0.15) is 0 Å². The molecule has 0 N–H and O–H groups in total. The first-order chi connectivity index (χ1) is 14.5. The first kappa shape index (κ1) is 18.8. The smallest absolute Gasteiger partial charge is 0.266 e. The Morgan fingerprint density at radius 1 is 0.800 bits per heavy atom. The topological polar surface area (TPSA) is 49.9 Å². The minimum atomic E-state index is -0.969. The molecule has 30 heavy (non-hydrogen) atoms. The fraction of sp³-hybridized carbons (Fsp3) is 0.130. The minimum Gasteiger partial charge on any atom is -0.273 e. The molecule has 0 bridgehead atoms. The second-order valence-electron chi connectivity index (χ2n) is 7.20. The normalized spacial score (nSPS) is 23.2. The summed E-state index contributed by atoms with van der Waals surface area (Å²) in [6.45, 7) is 0. The van der Waals surface area contributed by atoms with Crippen molar-refractivity contribution in [1.29, 1.82) is 0 Å². The van der Waals surface area contributed by atoms with Crippen molar-refractivity contribution < 1.29 is 18.8 Å². The summed E-state index contributed by atoms with van der Waals surface area (Å²) in [5, 5.41) is 2.11. The number of hydrogen-bond donors (Lipinski definition) is 0. The van der Waals surface area contributed by atoms with Gasteiger partial charge in [-0.3, -0.25) is 14.4 Å². The van der Waals surface area contributed by atoms with Gasteiger partial charge in [0.2, 0.25) is 5.91 Å². The number of anilines is 2. The fourth-order valence-electron chi connectivity index (χ4n) is 4.06. The van der Waals surface area contributed by atoms with Crippen LogP contribution in [0.1, 0.15) is 11.6 Å². The molecule has 3 aromatic rings. The lowest BCUT2D eigenvalue weighted by atomic mass is 9.90. The van der Waals surface area contributed by atoms with Gasteiger partial charge < -0.3 is 0 Å². The van der Waals surface area contributed by atoms with Crippen molar-refractivity contribution in [2.45, 2.75) is 12.1 Å². The van der Waals surface area contributed by atoms with Crippen LogP contribution in [0.25, 0.3) is 0 Å². The zero-order valence-corrected chi connectivity index (χ0v) is 16.4. The van der Waals surface area contributed by atoms with Gasteiger partial charge in [0.15, 0.2) is 6.10 Å². The van der Waals surface area contributed by atoms with Crippen molar-refractivity contribution in [2.24, 2.45) is 5.92 Å². The van der Waals surface area contributed by atoms with E-state index in [1.807, 2.05) is 6.07 Å². The molecule has 3 atom stereocenters. The highest BCUT2D eigenvalue weighted by Gasteiger charge is 2.60. The third kappa shape index (κ3) is 2.96. The molecule has 2 amide bonds. The maximum absolute atomic E-state index is 13.5. The van der Waals surface area contributed by atoms with E-state index in [4.69, 9.17) is 16.4 Å². The van der Waals surface area contributed by atoms with E-state index in [-0.39, 0.29) is 11.7 Å². The number of para-hydroxylation sites is 1. The van der Waals surface area contributed by atoms with E-state index in [1.165, 1.54) is 17.0 Å². The zero-order chi connectivity index (χ0) is 20.8. The monoisotopic (exact) mass is 422 g/mol. The van der Waals surface area contributed by atoms with Crippen LogP contribution < -0.4 is 9.96 Å².